The first kappa shape index (κ1) is 14.0. The van der Waals surface area contributed by atoms with E-state index in [0.29, 0.717) is 0 Å². The molecule has 0 bridgehead atoms. The van der Waals surface area contributed by atoms with Crippen molar-refractivity contribution in [3.8, 4) is 5.75 Å². The fourth-order valence-corrected chi connectivity index (χ4v) is 1.19. The van der Waals surface area contributed by atoms with Crippen molar-refractivity contribution in [2.24, 2.45) is 5.73 Å². The molecule has 0 spiro atoms. The van der Waals surface area contributed by atoms with Crippen molar-refractivity contribution in [3.05, 3.63) is 17.5 Å². The predicted octanol–water partition coefficient (Wildman–Crippen LogP) is 0.808. The summed E-state index contributed by atoms with van der Waals surface area (Å²) in [6.45, 7) is -0.193. The molecule has 1 heterocycles. The number of hydrogen-bond donors (Lipinski definition) is 2. The van der Waals surface area contributed by atoms with Crippen molar-refractivity contribution >= 4 is 11.7 Å². The summed E-state index contributed by atoms with van der Waals surface area (Å²) in [5.41, 5.74) is 9.68. The molecule has 0 aromatic carbocycles. The van der Waals surface area contributed by atoms with Gasteiger partial charge in [0, 0.05) is 12.7 Å². The van der Waals surface area contributed by atoms with Gasteiger partial charge in [-0.25, -0.2) is 4.79 Å². The Hall–Kier alpha value is -2.03. The van der Waals surface area contributed by atoms with Crippen LogP contribution in [0.3, 0.4) is 0 Å². The van der Waals surface area contributed by atoms with E-state index in [2.05, 4.69) is 14.5 Å². The maximum Gasteiger partial charge on any atom is 0.573 e. The van der Waals surface area contributed by atoms with Crippen molar-refractivity contribution in [2.45, 2.75) is 12.9 Å². The van der Waals surface area contributed by atoms with Gasteiger partial charge in [-0.3, -0.25) is 4.98 Å². The molecule has 0 aliphatic carbocycles. The van der Waals surface area contributed by atoms with Crippen molar-refractivity contribution in [2.75, 3.05) is 12.8 Å². The smallest absolute Gasteiger partial charge is 0.465 e. The zero-order valence-electron chi connectivity index (χ0n) is 9.25. The van der Waals surface area contributed by atoms with Crippen molar-refractivity contribution in [1.29, 1.82) is 0 Å². The number of nitrogen functional groups attached to an aromatic ring is 1. The summed E-state index contributed by atoms with van der Waals surface area (Å²) < 4.78 is 44.7. The van der Waals surface area contributed by atoms with E-state index in [1.54, 1.807) is 0 Å². The topological polar surface area (TPSA) is 100 Å². The number of rotatable bonds is 3. The molecule has 18 heavy (non-hydrogen) atoms. The lowest BCUT2D eigenvalue weighted by Crippen LogP contribution is -2.21. The maximum atomic E-state index is 12.2. The van der Waals surface area contributed by atoms with Crippen LogP contribution >= 0.6 is 0 Å². The number of aromatic nitrogens is 1. The van der Waals surface area contributed by atoms with E-state index in [4.69, 9.17) is 11.5 Å². The fourth-order valence-electron chi connectivity index (χ4n) is 1.19. The largest absolute Gasteiger partial charge is 0.573 e. The van der Waals surface area contributed by atoms with Gasteiger partial charge >= 0.3 is 12.3 Å². The van der Waals surface area contributed by atoms with Gasteiger partial charge in [-0.1, -0.05) is 0 Å². The molecule has 0 saturated carbocycles. The third kappa shape index (κ3) is 3.00. The fraction of sp³-hybridized carbons (Fsp3) is 0.333. The third-order valence-corrected chi connectivity index (χ3v) is 1.97. The first-order chi connectivity index (χ1) is 8.30. The number of hydrogen-bond acceptors (Lipinski definition) is 6. The molecule has 1 rings (SSSR count). The summed E-state index contributed by atoms with van der Waals surface area (Å²) in [6, 6.07) is 0. The van der Waals surface area contributed by atoms with Gasteiger partial charge in [-0.15, -0.1) is 13.2 Å². The maximum absolute atomic E-state index is 12.2. The second kappa shape index (κ2) is 5.08. The molecule has 100 valence electrons. The van der Waals surface area contributed by atoms with Crippen LogP contribution in [0.1, 0.15) is 16.1 Å². The minimum absolute atomic E-state index is 0.0121. The van der Waals surface area contributed by atoms with Gasteiger partial charge in [0.1, 0.15) is 5.56 Å². The van der Waals surface area contributed by atoms with Crippen molar-refractivity contribution in [3.63, 3.8) is 0 Å². The van der Waals surface area contributed by atoms with Gasteiger partial charge in [-0.05, 0) is 0 Å². The van der Waals surface area contributed by atoms with E-state index >= 15 is 0 Å². The number of carbonyl (C=O) groups excluding carboxylic acids is 1. The SMILES string of the molecule is COC(=O)c1cnc(CN)c(N)c1OC(F)(F)F. The highest BCUT2D eigenvalue weighted by atomic mass is 19.4. The lowest BCUT2D eigenvalue weighted by molar-refractivity contribution is -0.274. The van der Waals surface area contributed by atoms with Gasteiger partial charge in [-0.2, -0.15) is 0 Å². The second-order valence-electron chi connectivity index (χ2n) is 3.10. The Balaban J connectivity index is 3.35. The number of anilines is 1. The zero-order chi connectivity index (χ0) is 13.9. The van der Waals surface area contributed by atoms with E-state index in [9.17, 15) is 18.0 Å². The highest BCUT2D eigenvalue weighted by Crippen LogP contribution is 2.33. The van der Waals surface area contributed by atoms with Gasteiger partial charge in [0.25, 0.3) is 0 Å². The molecule has 0 aliphatic heterocycles. The lowest BCUT2D eigenvalue weighted by atomic mass is 10.2. The molecule has 0 atom stereocenters. The van der Waals surface area contributed by atoms with Crippen LogP contribution in [0.15, 0.2) is 6.20 Å². The summed E-state index contributed by atoms with van der Waals surface area (Å²) in [7, 11) is 1.01. The molecular formula is C9H10F3N3O3. The number of carbonyl (C=O) groups is 1. The molecule has 9 heteroatoms. The van der Waals surface area contributed by atoms with Crippen molar-refractivity contribution in [1.82, 2.24) is 4.98 Å². The van der Waals surface area contributed by atoms with Gasteiger partial charge in [0.2, 0.25) is 0 Å². The van der Waals surface area contributed by atoms with E-state index in [-0.39, 0.29) is 12.2 Å². The molecule has 0 saturated heterocycles. The first-order valence-electron chi connectivity index (χ1n) is 4.61. The summed E-state index contributed by atoms with van der Waals surface area (Å²) >= 11 is 0. The zero-order valence-corrected chi connectivity index (χ0v) is 9.25. The monoisotopic (exact) mass is 265 g/mol. The normalized spacial score (nSPS) is 11.2. The summed E-state index contributed by atoms with van der Waals surface area (Å²) in [5, 5.41) is 0. The van der Waals surface area contributed by atoms with Gasteiger partial charge in [0.15, 0.2) is 5.75 Å². The Bertz CT molecular complexity index is 462. The number of nitrogens with zero attached hydrogens (tertiary/aromatic N) is 1. The summed E-state index contributed by atoms with van der Waals surface area (Å²) in [6.07, 6.45) is -4.13. The van der Waals surface area contributed by atoms with E-state index in [1.165, 1.54) is 0 Å². The van der Waals surface area contributed by atoms with Crippen LogP contribution < -0.4 is 16.2 Å². The van der Waals surface area contributed by atoms with Crippen LogP contribution in [-0.4, -0.2) is 24.4 Å². The van der Waals surface area contributed by atoms with E-state index in [1.807, 2.05) is 0 Å². The Morgan fingerprint density at radius 3 is 2.56 bits per heavy atom. The number of pyridine rings is 1. The van der Waals surface area contributed by atoms with Crippen LogP contribution in [0.25, 0.3) is 0 Å². The van der Waals surface area contributed by atoms with Crippen LogP contribution in [0.4, 0.5) is 18.9 Å². The van der Waals surface area contributed by atoms with Crippen LogP contribution in [0, 0.1) is 0 Å². The Kier molecular flexibility index (Phi) is 3.96. The molecule has 0 amide bonds. The Morgan fingerprint density at radius 1 is 1.50 bits per heavy atom. The quantitative estimate of drug-likeness (QED) is 0.784. The predicted molar refractivity (Wildman–Crippen MR) is 54.6 cm³/mol. The summed E-state index contributed by atoms with van der Waals surface area (Å²) in [5.74, 6) is -1.90. The average Bonchev–Trinajstić information content (AvgIpc) is 2.29. The van der Waals surface area contributed by atoms with Crippen LogP contribution in [0.2, 0.25) is 0 Å². The minimum atomic E-state index is -5.00. The number of methoxy groups -OCH3 is 1. The highest BCUT2D eigenvalue weighted by molar-refractivity contribution is 5.94. The molecule has 0 unspecified atom stereocenters. The number of halogens is 3. The number of alkyl halides is 3. The molecule has 1 aromatic rings. The Morgan fingerprint density at radius 2 is 2.11 bits per heavy atom. The molecule has 0 radical (unpaired) electrons. The summed E-state index contributed by atoms with van der Waals surface area (Å²) in [4.78, 5) is 14.9. The Labute approximate surface area is 99.7 Å². The minimum Gasteiger partial charge on any atom is -0.465 e. The standard InChI is InChI=1S/C9H10F3N3O3/c1-17-8(16)4-3-15-5(2-13)6(14)7(4)18-9(10,11)12/h3H,2,13-14H2,1H3. The van der Waals surface area contributed by atoms with Gasteiger partial charge < -0.3 is 20.9 Å². The number of ether oxygens (including phenoxy) is 2. The van der Waals surface area contributed by atoms with Crippen LogP contribution in [0.5, 0.6) is 5.75 Å². The van der Waals surface area contributed by atoms with Gasteiger partial charge in [0.05, 0.1) is 18.5 Å². The van der Waals surface area contributed by atoms with E-state index in [0.717, 1.165) is 13.3 Å². The highest BCUT2D eigenvalue weighted by Gasteiger charge is 2.35. The number of nitrogens with two attached hydrogens (primary N) is 2. The molecular weight excluding hydrogens is 255 g/mol. The van der Waals surface area contributed by atoms with Crippen molar-refractivity contribution < 1.29 is 27.4 Å². The molecule has 0 aliphatic rings. The van der Waals surface area contributed by atoms with Crippen LogP contribution in [-0.2, 0) is 11.3 Å². The third-order valence-electron chi connectivity index (χ3n) is 1.97. The second-order valence-corrected chi connectivity index (χ2v) is 3.10. The first-order valence-corrected chi connectivity index (χ1v) is 4.61. The molecule has 1 aromatic heterocycles. The lowest BCUT2D eigenvalue weighted by Gasteiger charge is -2.15. The average molecular weight is 265 g/mol. The molecule has 4 N–H and O–H groups in total. The molecule has 6 nitrogen and oxygen atoms in total. The van der Waals surface area contributed by atoms with E-state index < -0.39 is 29.3 Å². The molecule has 0 fully saturated rings. The number of esters is 1.